The average molecular weight is 273 g/mol. The minimum atomic E-state index is -0.0875. The van der Waals surface area contributed by atoms with Gasteiger partial charge in [-0.05, 0) is 31.0 Å². The van der Waals surface area contributed by atoms with E-state index in [2.05, 4.69) is 11.1 Å². The molecular formula is C15H13ClN2O. The maximum Gasteiger partial charge on any atom is 0.261 e. The third-order valence-corrected chi connectivity index (χ3v) is 3.75. The molecule has 0 N–H and O–H groups in total. The quantitative estimate of drug-likeness (QED) is 0.798. The van der Waals surface area contributed by atoms with E-state index in [-0.39, 0.29) is 11.9 Å². The Balaban J connectivity index is 2.03. The third-order valence-electron chi connectivity index (χ3n) is 3.42. The lowest BCUT2D eigenvalue weighted by Crippen LogP contribution is -2.35. The van der Waals surface area contributed by atoms with Crippen LogP contribution in [-0.2, 0) is 6.42 Å². The Morgan fingerprint density at radius 3 is 2.95 bits per heavy atom. The van der Waals surface area contributed by atoms with Crippen molar-refractivity contribution < 1.29 is 4.79 Å². The highest BCUT2D eigenvalue weighted by Gasteiger charge is 2.32. The molecule has 0 fully saturated rings. The van der Waals surface area contributed by atoms with Gasteiger partial charge in [-0.15, -0.1) is 0 Å². The molecule has 0 radical (unpaired) electrons. The lowest BCUT2D eigenvalue weighted by molar-refractivity contribution is 0.0981. The molecule has 4 heteroatoms. The summed E-state index contributed by atoms with van der Waals surface area (Å²) in [7, 11) is 0. The number of benzene rings is 1. The molecule has 1 aliphatic rings. The normalized spacial score (nSPS) is 17.4. The van der Waals surface area contributed by atoms with Crippen LogP contribution in [0.2, 0.25) is 5.02 Å². The van der Waals surface area contributed by atoms with E-state index in [1.54, 1.807) is 17.2 Å². The smallest absolute Gasteiger partial charge is 0.261 e. The van der Waals surface area contributed by atoms with Crippen molar-refractivity contribution in [1.29, 1.82) is 0 Å². The number of carbonyl (C=O) groups is 1. The summed E-state index contributed by atoms with van der Waals surface area (Å²) in [5.74, 6) is -0.0875. The summed E-state index contributed by atoms with van der Waals surface area (Å²) in [5, 5.41) is 0.441. The summed E-state index contributed by atoms with van der Waals surface area (Å²) in [4.78, 5) is 18.4. The maximum absolute atomic E-state index is 12.6. The first-order valence-electron chi connectivity index (χ1n) is 6.19. The molecule has 2 heterocycles. The van der Waals surface area contributed by atoms with Crippen molar-refractivity contribution in [3.63, 3.8) is 0 Å². The van der Waals surface area contributed by atoms with Crippen molar-refractivity contribution in [2.75, 3.05) is 4.90 Å². The molecule has 0 aliphatic carbocycles. The first kappa shape index (κ1) is 12.2. The van der Waals surface area contributed by atoms with Gasteiger partial charge in [-0.25, -0.2) is 0 Å². The molecule has 96 valence electrons. The minimum Gasteiger partial charge on any atom is -0.305 e. The largest absolute Gasteiger partial charge is 0.305 e. The van der Waals surface area contributed by atoms with Gasteiger partial charge < -0.3 is 4.90 Å². The molecular weight excluding hydrogens is 260 g/mol. The van der Waals surface area contributed by atoms with E-state index in [0.29, 0.717) is 10.6 Å². The highest BCUT2D eigenvalue weighted by atomic mass is 35.5. The summed E-state index contributed by atoms with van der Waals surface area (Å²) in [5.41, 5.74) is 2.62. The van der Waals surface area contributed by atoms with E-state index in [1.165, 1.54) is 11.8 Å². The maximum atomic E-state index is 12.6. The van der Waals surface area contributed by atoms with Crippen LogP contribution in [0.15, 0.2) is 42.7 Å². The lowest BCUT2D eigenvalue weighted by Gasteiger charge is -2.23. The zero-order valence-electron chi connectivity index (χ0n) is 10.5. The molecule has 1 aromatic heterocycles. The van der Waals surface area contributed by atoms with Crippen LogP contribution in [0.3, 0.4) is 0 Å². The first-order chi connectivity index (χ1) is 9.18. The van der Waals surface area contributed by atoms with Crippen molar-refractivity contribution in [2.24, 2.45) is 0 Å². The molecule has 1 unspecified atom stereocenters. The Bertz CT molecular complexity index is 642. The Morgan fingerprint density at radius 2 is 2.16 bits per heavy atom. The number of nitrogens with zero attached hydrogens (tertiary/aromatic N) is 2. The minimum absolute atomic E-state index is 0.0875. The number of anilines is 1. The van der Waals surface area contributed by atoms with Gasteiger partial charge in [0.2, 0.25) is 0 Å². The van der Waals surface area contributed by atoms with Crippen LogP contribution in [0, 0.1) is 0 Å². The van der Waals surface area contributed by atoms with Gasteiger partial charge in [-0.1, -0.05) is 29.8 Å². The van der Waals surface area contributed by atoms with Crippen LogP contribution in [0.5, 0.6) is 0 Å². The van der Waals surface area contributed by atoms with Crippen LogP contribution in [0.1, 0.15) is 22.8 Å². The molecule has 1 aromatic carbocycles. The van der Waals surface area contributed by atoms with Crippen LogP contribution in [0.4, 0.5) is 5.69 Å². The number of hydrogen-bond donors (Lipinski definition) is 0. The first-order valence-corrected chi connectivity index (χ1v) is 6.57. The number of fused-ring (bicyclic) bond motifs is 1. The molecule has 0 saturated heterocycles. The molecule has 1 aliphatic heterocycles. The Morgan fingerprint density at radius 1 is 1.37 bits per heavy atom. The second-order valence-electron chi connectivity index (χ2n) is 4.71. The molecule has 1 atom stereocenters. The Kier molecular flexibility index (Phi) is 2.99. The van der Waals surface area contributed by atoms with E-state index in [0.717, 1.165) is 12.1 Å². The Labute approximate surface area is 116 Å². The van der Waals surface area contributed by atoms with Crippen LogP contribution in [0.25, 0.3) is 0 Å². The monoisotopic (exact) mass is 272 g/mol. The third kappa shape index (κ3) is 2.00. The van der Waals surface area contributed by atoms with E-state index in [1.807, 2.05) is 25.1 Å². The predicted molar refractivity (Wildman–Crippen MR) is 75.7 cm³/mol. The van der Waals surface area contributed by atoms with Gasteiger partial charge in [0.05, 0.1) is 10.6 Å². The zero-order chi connectivity index (χ0) is 13.4. The predicted octanol–water partition coefficient (Wildman–Crippen LogP) is 3.33. The molecule has 19 heavy (non-hydrogen) atoms. The summed E-state index contributed by atoms with van der Waals surface area (Å²) in [6, 6.07) is 9.76. The molecule has 1 amide bonds. The topological polar surface area (TPSA) is 33.2 Å². The van der Waals surface area contributed by atoms with E-state index < -0.39 is 0 Å². The number of amides is 1. The van der Waals surface area contributed by atoms with Gasteiger partial charge in [-0.2, -0.15) is 0 Å². The van der Waals surface area contributed by atoms with Crippen molar-refractivity contribution in [3.05, 3.63) is 58.9 Å². The summed E-state index contributed by atoms with van der Waals surface area (Å²) >= 11 is 6.08. The fraction of sp³-hybridized carbons (Fsp3) is 0.200. The molecule has 0 spiro atoms. The Hall–Kier alpha value is -1.87. The standard InChI is InChI=1S/C15H13ClN2O/c1-10-8-11-4-2-3-5-14(11)18(10)15(19)12-9-17-7-6-13(12)16/h2-7,9-10H,8H2,1H3. The highest BCUT2D eigenvalue weighted by Crippen LogP contribution is 2.33. The number of rotatable bonds is 1. The number of hydrogen-bond acceptors (Lipinski definition) is 2. The molecule has 0 bridgehead atoms. The van der Waals surface area contributed by atoms with Crippen molar-refractivity contribution in [3.8, 4) is 0 Å². The number of carbonyl (C=O) groups excluding carboxylic acids is 1. The van der Waals surface area contributed by atoms with Crippen LogP contribution in [-0.4, -0.2) is 16.9 Å². The van der Waals surface area contributed by atoms with Gasteiger partial charge >= 0.3 is 0 Å². The zero-order valence-corrected chi connectivity index (χ0v) is 11.3. The van der Waals surface area contributed by atoms with E-state index in [4.69, 9.17) is 11.6 Å². The van der Waals surface area contributed by atoms with Gasteiger partial charge in [0, 0.05) is 24.1 Å². The van der Waals surface area contributed by atoms with Crippen molar-refractivity contribution >= 4 is 23.2 Å². The molecule has 3 rings (SSSR count). The molecule has 0 saturated carbocycles. The average Bonchev–Trinajstić information content (AvgIpc) is 2.74. The van der Waals surface area contributed by atoms with Crippen LogP contribution >= 0.6 is 11.6 Å². The number of pyridine rings is 1. The fourth-order valence-electron chi connectivity index (χ4n) is 2.54. The fourth-order valence-corrected chi connectivity index (χ4v) is 2.73. The number of para-hydroxylation sites is 1. The van der Waals surface area contributed by atoms with E-state index in [9.17, 15) is 4.79 Å². The van der Waals surface area contributed by atoms with Gasteiger partial charge in [-0.3, -0.25) is 9.78 Å². The van der Waals surface area contributed by atoms with Crippen LogP contribution < -0.4 is 4.90 Å². The summed E-state index contributed by atoms with van der Waals surface area (Å²) < 4.78 is 0. The number of halogens is 1. The van der Waals surface area contributed by atoms with E-state index >= 15 is 0 Å². The lowest BCUT2D eigenvalue weighted by atomic mass is 10.1. The van der Waals surface area contributed by atoms with Crippen molar-refractivity contribution in [2.45, 2.75) is 19.4 Å². The number of aromatic nitrogens is 1. The highest BCUT2D eigenvalue weighted by molar-refractivity contribution is 6.34. The van der Waals surface area contributed by atoms with Gasteiger partial charge in [0.15, 0.2) is 0 Å². The summed E-state index contributed by atoms with van der Waals surface area (Å²) in [6.07, 6.45) is 3.98. The van der Waals surface area contributed by atoms with Gasteiger partial charge in [0.25, 0.3) is 5.91 Å². The molecule has 3 nitrogen and oxygen atoms in total. The van der Waals surface area contributed by atoms with Crippen molar-refractivity contribution in [1.82, 2.24) is 4.98 Å². The second kappa shape index (κ2) is 4.67. The van der Waals surface area contributed by atoms with Gasteiger partial charge in [0.1, 0.15) is 0 Å². The summed E-state index contributed by atoms with van der Waals surface area (Å²) in [6.45, 7) is 2.04. The molecule has 2 aromatic rings. The SMILES string of the molecule is CC1Cc2ccccc2N1C(=O)c1cnccc1Cl. The second-order valence-corrected chi connectivity index (χ2v) is 5.12.